The fraction of sp³-hybridized carbons (Fsp3) is 0.235. The van der Waals surface area contributed by atoms with Crippen molar-refractivity contribution < 1.29 is 23.4 Å². The van der Waals surface area contributed by atoms with Gasteiger partial charge in [0.05, 0.1) is 6.61 Å². The SMILES string of the molecule is O=C(CCc1ccc(OC(F)F)cc1)Nc1cccc(CO)c1. The van der Waals surface area contributed by atoms with Gasteiger partial charge >= 0.3 is 6.61 Å². The molecule has 0 spiro atoms. The van der Waals surface area contributed by atoms with E-state index in [2.05, 4.69) is 10.1 Å². The van der Waals surface area contributed by atoms with Crippen LogP contribution in [0.4, 0.5) is 14.5 Å². The number of ether oxygens (including phenoxy) is 1. The van der Waals surface area contributed by atoms with Crippen LogP contribution in [-0.4, -0.2) is 17.6 Å². The highest BCUT2D eigenvalue weighted by Gasteiger charge is 2.06. The molecule has 2 N–H and O–H groups in total. The minimum absolute atomic E-state index is 0.0866. The Kier molecular flexibility index (Phi) is 6.05. The molecule has 0 aromatic heterocycles. The first-order valence-corrected chi connectivity index (χ1v) is 7.10. The second kappa shape index (κ2) is 8.24. The van der Waals surface area contributed by atoms with Crippen molar-refractivity contribution in [3.05, 3.63) is 59.7 Å². The number of hydrogen-bond donors (Lipinski definition) is 2. The van der Waals surface area contributed by atoms with Crippen molar-refractivity contribution in [3.63, 3.8) is 0 Å². The lowest BCUT2D eigenvalue weighted by Crippen LogP contribution is -2.12. The van der Waals surface area contributed by atoms with Crippen LogP contribution in [0.3, 0.4) is 0 Å². The first-order valence-electron chi connectivity index (χ1n) is 7.10. The van der Waals surface area contributed by atoms with Crippen LogP contribution < -0.4 is 10.1 Å². The van der Waals surface area contributed by atoms with Gasteiger partial charge in [0, 0.05) is 12.1 Å². The number of benzene rings is 2. The number of halogens is 2. The molecule has 0 heterocycles. The van der Waals surface area contributed by atoms with Crippen molar-refractivity contribution in [1.82, 2.24) is 0 Å². The topological polar surface area (TPSA) is 58.6 Å². The standard InChI is InChI=1S/C17H17F2NO3/c18-17(19)23-15-7-4-12(5-8-15)6-9-16(22)20-14-3-1-2-13(10-14)11-21/h1-5,7-8,10,17,21H,6,9,11H2,(H,20,22). The summed E-state index contributed by atoms with van der Waals surface area (Å²) in [5, 5.41) is 11.8. The number of aryl methyl sites for hydroxylation is 1. The molecular formula is C17H17F2NO3. The Morgan fingerprint density at radius 2 is 1.87 bits per heavy atom. The molecule has 0 aliphatic carbocycles. The van der Waals surface area contributed by atoms with E-state index in [9.17, 15) is 13.6 Å². The largest absolute Gasteiger partial charge is 0.435 e. The number of amides is 1. The van der Waals surface area contributed by atoms with Crippen LogP contribution in [0.1, 0.15) is 17.5 Å². The maximum atomic E-state index is 12.0. The second-order valence-corrected chi connectivity index (χ2v) is 4.93. The van der Waals surface area contributed by atoms with Crippen LogP contribution in [0.25, 0.3) is 0 Å². The minimum atomic E-state index is -2.85. The number of aliphatic hydroxyl groups is 1. The molecule has 6 heteroatoms. The van der Waals surface area contributed by atoms with E-state index in [-0.39, 0.29) is 24.7 Å². The van der Waals surface area contributed by atoms with Crippen molar-refractivity contribution in [2.75, 3.05) is 5.32 Å². The number of alkyl halides is 2. The first-order chi connectivity index (χ1) is 11.1. The monoisotopic (exact) mass is 321 g/mol. The van der Waals surface area contributed by atoms with Gasteiger partial charge in [0.15, 0.2) is 0 Å². The summed E-state index contributed by atoms with van der Waals surface area (Å²) < 4.78 is 28.4. The molecule has 4 nitrogen and oxygen atoms in total. The minimum Gasteiger partial charge on any atom is -0.435 e. The molecule has 23 heavy (non-hydrogen) atoms. The van der Waals surface area contributed by atoms with Gasteiger partial charge < -0.3 is 15.2 Å². The maximum Gasteiger partial charge on any atom is 0.387 e. The predicted octanol–water partition coefficient (Wildman–Crippen LogP) is 3.35. The highest BCUT2D eigenvalue weighted by atomic mass is 19.3. The van der Waals surface area contributed by atoms with E-state index in [4.69, 9.17) is 5.11 Å². The fourth-order valence-corrected chi connectivity index (χ4v) is 2.07. The van der Waals surface area contributed by atoms with E-state index in [0.29, 0.717) is 12.1 Å². The quantitative estimate of drug-likeness (QED) is 0.822. The number of carbonyl (C=O) groups excluding carboxylic acids is 1. The highest BCUT2D eigenvalue weighted by Crippen LogP contribution is 2.16. The molecule has 2 aromatic carbocycles. The van der Waals surface area contributed by atoms with Gasteiger partial charge in [0.1, 0.15) is 5.75 Å². The Morgan fingerprint density at radius 3 is 2.52 bits per heavy atom. The predicted molar refractivity (Wildman–Crippen MR) is 82.4 cm³/mol. The van der Waals surface area contributed by atoms with E-state index in [1.807, 2.05) is 0 Å². The number of aliphatic hydroxyl groups excluding tert-OH is 1. The van der Waals surface area contributed by atoms with Crippen molar-refractivity contribution in [2.24, 2.45) is 0 Å². The summed E-state index contributed by atoms with van der Waals surface area (Å²) >= 11 is 0. The number of anilines is 1. The molecule has 0 atom stereocenters. The van der Waals surface area contributed by atoms with Gasteiger partial charge in [0.25, 0.3) is 0 Å². The van der Waals surface area contributed by atoms with Crippen LogP contribution in [0.5, 0.6) is 5.75 Å². The lowest BCUT2D eigenvalue weighted by Gasteiger charge is -2.08. The number of hydrogen-bond acceptors (Lipinski definition) is 3. The zero-order chi connectivity index (χ0) is 16.7. The van der Waals surface area contributed by atoms with Crippen LogP contribution >= 0.6 is 0 Å². The molecule has 0 aliphatic heterocycles. The first kappa shape index (κ1) is 16.9. The Bertz CT molecular complexity index is 645. The number of rotatable bonds is 7. The lowest BCUT2D eigenvalue weighted by atomic mass is 10.1. The maximum absolute atomic E-state index is 12.0. The van der Waals surface area contributed by atoms with Crippen molar-refractivity contribution in [1.29, 1.82) is 0 Å². The molecule has 0 fully saturated rings. The third-order valence-corrected chi connectivity index (χ3v) is 3.18. The van der Waals surface area contributed by atoms with Gasteiger partial charge in [-0.3, -0.25) is 4.79 Å². The summed E-state index contributed by atoms with van der Waals surface area (Å²) in [5.41, 5.74) is 2.20. The molecule has 1 amide bonds. The molecule has 0 aliphatic rings. The Balaban J connectivity index is 1.84. The zero-order valence-corrected chi connectivity index (χ0v) is 12.3. The highest BCUT2D eigenvalue weighted by molar-refractivity contribution is 5.90. The third-order valence-electron chi connectivity index (χ3n) is 3.18. The van der Waals surface area contributed by atoms with Crippen molar-refractivity contribution in [2.45, 2.75) is 26.1 Å². The summed E-state index contributed by atoms with van der Waals surface area (Å²) in [4.78, 5) is 11.9. The van der Waals surface area contributed by atoms with E-state index >= 15 is 0 Å². The van der Waals surface area contributed by atoms with Gasteiger partial charge in [-0.2, -0.15) is 8.78 Å². The van der Waals surface area contributed by atoms with Gasteiger partial charge in [-0.05, 0) is 41.8 Å². The number of carbonyl (C=O) groups is 1. The van der Waals surface area contributed by atoms with E-state index < -0.39 is 6.61 Å². The van der Waals surface area contributed by atoms with E-state index in [1.165, 1.54) is 12.1 Å². The van der Waals surface area contributed by atoms with Gasteiger partial charge in [-0.1, -0.05) is 24.3 Å². The molecule has 0 bridgehead atoms. The summed E-state index contributed by atoms with van der Waals surface area (Å²) in [6.45, 7) is -2.93. The van der Waals surface area contributed by atoms with E-state index in [0.717, 1.165) is 11.1 Å². The average molecular weight is 321 g/mol. The molecule has 2 rings (SSSR count). The van der Waals surface area contributed by atoms with Gasteiger partial charge in [-0.15, -0.1) is 0 Å². The lowest BCUT2D eigenvalue weighted by molar-refractivity contribution is -0.116. The summed E-state index contributed by atoms with van der Waals surface area (Å²) in [6, 6.07) is 13.2. The van der Waals surface area contributed by atoms with Gasteiger partial charge in [0.2, 0.25) is 5.91 Å². The summed E-state index contributed by atoms with van der Waals surface area (Å²) in [6.07, 6.45) is 0.749. The average Bonchev–Trinajstić information content (AvgIpc) is 2.54. The van der Waals surface area contributed by atoms with Crippen LogP contribution in [0.2, 0.25) is 0 Å². The molecule has 122 valence electrons. The number of nitrogens with one attached hydrogen (secondary N) is 1. The molecule has 0 saturated carbocycles. The summed E-state index contributed by atoms with van der Waals surface area (Å²) in [5.74, 6) is -0.0676. The van der Waals surface area contributed by atoms with Crippen molar-refractivity contribution in [3.8, 4) is 5.75 Å². The fourth-order valence-electron chi connectivity index (χ4n) is 2.07. The Morgan fingerprint density at radius 1 is 1.13 bits per heavy atom. The van der Waals surface area contributed by atoms with Crippen LogP contribution in [0, 0.1) is 0 Å². The summed E-state index contributed by atoms with van der Waals surface area (Å²) in [7, 11) is 0. The van der Waals surface area contributed by atoms with E-state index in [1.54, 1.807) is 36.4 Å². The molecule has 0 unspecified atom stereocenters. The zero-order valence-electron chi connectivity index (χ0n) is 12.3. The molecule has 2 aromatic rings. The molecule has 0 saturated heterocycles. The smallest absolute Gasteiger partial charge is 0.387 e. The van der Waals surface area contributed by atoms with Crippen LogP contribution in [-0.2, 0) is 17.8 Å². The Hall–Kier alpha value is -2.47. The third kappa shape index (κ3) is 5.67. The van der Waals surface area contributed by atoms with Crippen molar-refractivity contribution >= 4 is 11.6 Å². The molecular weight excluding hydrogens is 304 g/mol. The Labute approximate surface area is 132 Å². The molecule has 0 radical (unpaired) electrons. The van der Waals surface area contributed by atoms with Crippen LogP contribution in [0.15, 0.2) is 48.5 Å². The normalized spacial score (nSPS) is 10.6. The second-order valence-electron chi connectivity index (χ2n) is 4.93. The van der Waals surface area contributed by atoms with Gasteiger partial charge in [-0.25, -0.2) is 0 Å².